The van der Waals surface area contributed by atoms with Gasteiger partial charge in [0.2, 0.25) is 5.89 Å². The van der Waals surface area contributed by atoms with E-state index >= 15 is 0 Å². The molecule has 0 aliphatic heterocycles. The number of benzene rings is 3. The third kappa shape index (κ3) is 3.32. The number of nitrogens with one attached hydrogen (secondary N) is 1. The van der Waals surface area contributed by atoms with Gasteiger partial charge in [0.15, 0.2) is 5.58 Å². The Hall–Kier alpha value is -3.67. The van der Waals surface area contributed by atoms with Crippen LogP contribution in [0.4, 0.5) is 10.1 Å². The molecule has 0 saturated carbocycles. The van der Waals surface area contributed by atoms with Gasteiger partial charge in [0.25, 0.3) is 5.91 Å². The van der Waals surface area contributed by atoms with E-state index < -0.39 is 11.7 Å². The molecule has 1 aromatic heterocycles. The second-order valence-electron chi connectivity index (χ2n) is 6.34. The lowest BCUT2D eigenvalue weighted by atomic mass is 10.1. The SMILES string of the molecule is CCc1ccc2oc(-c3cc(NC(=O)c4ccccc4F)ccc3O)nc2c1. The summed E-state index contributed by atoms with van der Waals surface area (Å²) in [6.07, 6.45) is 0.876. The summed E-state index contributed by atoms with van der Waals surface area (Å²) in [4.78, 5) is 16.8. The Morgan fingerprint density at radius 2 is 1.96 bits per heavy atom. The van der Waals surface area contributed by atoms with Crippen LogP contribution in [0, 0.1) is 5.82 Å². The molecule has 0 radical (unpaired) electrons. The van der Waals surface area contributed by atoms with Gasteiger partial charge >= 0.3 is 0 Å². The van der Waals surface area contributed by atoms with Crippen molar-refractivity contribution >= 4 is 22.7 Å². The standard InChI is InChI=1S/C22H17FN2O3/c1-2-13-7-10-20-18(11-13)25-22(28-20)16-12-14(8-9-19(16)26)24-21(27)15-5-3-4-6-17(15)23/h3-12,26H,2H2,1H3,(H,24,27). The Morgan fingerprint density at radius 1 is 1.14 bits per heavy atom. The van der Waals surface area contributed by atoms with Crippen LogP contribution in [-0.4, -0.2) is 16.0 Å². The van der Waals surface area contributed by atoms with Gasteiger partial charge in [-0.15, -0.1) is 0 Å². The molecule has 0 aliphatic rings. The van der Waals surface area contributed by atoms with Gasteiger partial charge in [-0.2, -0.15) is 0 Å². The van der Waals surface area contributed by atoms with E-state index in [9.17, 15) is 14.3 Å². The quantitative estimate of drug-likeness (QED) is 0.483. The summed E-state index contributed by atoms with van der Waals surface area (Å²) in [7, 11) is 0. The number of phenolic OH excluding ortho intramolecular Hbond substituents is 1. The number of hydrogen-bond donors (Lipinski definition) is 2. The van der Waals surface area contributed by atoms with Gasteiger partial charge in [-0.1, -0.05) is 25.1 Å². The topological polar surface area (TPSA) is 75.4 Å². The van der Waals surface area contributed by atoms with Gasteiger partial charge in [0.1, 0.15) is 17.1 Å². The first kappa shape index (κ1) is 17.7. The molecule has 2 N–H and O–H groups in total. The van der Waals surface area contributed by atoms with Gasteiger partial charge < -0.3 is 14.8 Å². The number of nitrogens with zero attached hydrogens (tertiary/aromatic N) is 1. The van der Waals surface area contributed by atoms with E-state index in [0.29, 0.717) is 22.4 Å². The van der Waals surface area contributed by atoms with Crippen molar-refractivity contribution in [2.45, 2.75) is 13.3 Å². The summed E-state index contributed by atoms with van der Waals surface area (Å²) >= 11 is 0. The number of amides is 1. The second kappa shape index (κ2) is 7.15. The summed E-state index contributed by atoms with van der Waals surface area (Å²) in [6.45, 7) is 2.05. The number of halogens is 1. The number of anilines is 1. The Morgan fingerprint density at radius 3 is 2.75 bits per heavy atom. The summed E-state index contributed by atoms with van der Waals surface area (Å²) in [5, 5.41) is 12.9. The van der Waals surface area contributed by atoms with Crippen molar-refractivity contribution in [3.8, 4) is 17.2 Å². The molecule has 5 nitrogen and oxygen atoms in total. The number of aromatic hydroxyl groups is 1. The van der Waals surface area contributed by atoms with Crippen LogP contribution in [0.25, 0.3) is 22.6 Å². The second-order valence-corrected chi connectivity index (χ2v) is 6.34. The largest absolute Gasteiger partial charge is 0.507 e. The zero-order valence-electron chi connectivity index (χ0n) is 15.1. The van der Waals surface area contributed by atoms with Crippen LogP contribution < -0.4 is 5.32 Å². The predicted octanol–water partition coefficient (Wildman–Crippen LogP) is 5.15. The highest BCUT2D eigenvalue weighted by atomic mass is 19.1. The maximum absolute atomic E-state index is 13.8. The molecule has 6 heteroatoms. The highest BCUT2D eigenvalue weighted by Crippen LogP contribution is 2.33. The van der Waals surface area contributed by atoms with Crippen LogP contribution in [0.15, 0.2) is 65.1 Å². The van der Waals surface area contributed by atoms with E-state index in [1.54, 1.807) is 12.1 Å². The Kier molecular flexibility index (Phi) is 4.53. The molecule has 0 fully saturated rings. The molecule has 0 atom stereocenters. The minimum absolute atomic E-state index is 0.0360. The van der Waals surface area contributed by atoms with Crippen LogP contribution >= 0.6 is 0 Å². The molecule has 0 saturated heterocycles. The molecule has 0 unspecified atom stereocenters. The predicted molar refractivity (Wildman–Crippen MR) is 105 cm³/mol. The van der Waals surface area contributed by atoms with Crippen molar-refractivity contribution in [1.29, 1.82) is 0 Å². The average molecular weight is 376 g/mol. The van der Waals surface area contributed by atoms with Gasteiger partial charge in [-0.05, 0) is 54.4 Å². The molecule has 0 spiro atoms. The zero-order valence-corrected chi connectivity index (χ0v) is 15.1. The van der Waals surface area contributed by atoms with E-state index in [0.717, 1.165) is 12.0 Å². The third-order valence-electron chi connectivity index (χ3n) is 4.46. The molecule has 140 valence electrons. The minimum atomic E-state index is -0.607. The summed E-state index contributed by atoms with van der Waals surface area (Å²) in [6, 6.07) is 16.0. The summed E-state index contributed by atoms with van der Waals surface area (Å²) in [5.41, 5.74) is 3.08. The van der Waals surface area contributed by atoms with E-state index in [-0.39, 0.29) is 17.2 Å². The van der Waals surface area contributed by atoms with Gasteiger partial charge in [-0.3, -0.25) is 4.79 Å². The van der Waals surface area contributed by atoms with Crippen molar-refractivity contribution in [1.82, 2.24) is 4.98 Å². The molecule has 1 amide bonds. The lowest BCUT2D eigenvalue weighted by Crippen LogP contribution is -2.13. The van der Waals surface area contributed by atoms with Crippen LogP contribution in [0.3, 0.4) is 0 Å². The van der Waals surface area contributed by atoms with Gasteiger partial charge in [0, 0.05) is 5.69 Å². The minimum Gasteiger partial charge on any atom is -0.507 e. The molecule has 0 aliphatic carbocycles. The van der Waals surface area contributed by atoms with Crippen molar-refractivity contribution in [2.24, 2.45) is 0 Å². The van der Waals surface area contributed by atoms with E-state index in [4.69, 9.17) is 4.42 Å². The van der Waals surface area contributed by atoms with Crippen molar-refractivity contribution in [3.05, 3.63) is 77.6 Å². The van der Waals surface area contributed by atoms with Crippen LogP contribution in [0.2, 0.25) is 0 Å². The lowest BCUT2D eigenvalue weighted by molar-refractivity contribution is 0.102. The normalized spacial score (nSPS) is 10.9. The lowest BCUT2D eigenvalue weighted by Gasteiger charge is -2.08. The van der Waals surface area contributed by atoms with Crippen molar-refractivity contribution in [3.63, 3.8) is 0 Å². The maximum Gasteiger partial charge on any atom is 0.258 e. The fourth-order valence-electron chi connectivity index (χ4n) is 2.94. The number of phenols is 1. The Balaban J connectivity index is 1.68. The molecule has 3 aromatic carbocycles. The summed E-state index contributed by atoms with van der Waals surface area (Å²) < 4.78 is 19.6. The van der Waals surface area contributed by atoms with E-state index in [1.807, 2.05) is 18.2 Å². The van der Waals surface area contributed by atoms with Gasteiger partial charge in [0.05, 0.1) is 11.1 Å². The number of hydrogen-bond acceptors (Lipinski definition) is 4. The highest BCUT2D eigenvalue weighted by molar-refractivity contribution is 6.04. The first-order chi connectivity index (χ1) is 13.5. The van der Waals surface area contributed by atoms with E-state index in [1.165, 1.54) is 30.3 Å². The third-order valence-corrected chi connectivity index (χ3v) is 4.46. The summed E-state index contributed by atoms with van der Waals surface area (Å²) in [5.74, 6) is -0.988. The molecule has 1 heterocycles. The van der Waals surface area contributed by atoms with Gasteiger partial charge in [-0.25, -0.2) is 9.37 Å². The molecule has 28 heavy (non-hydrogen) atoms. The fourth-order valence-corrected chi connectivity index (χ4v) is 2.94. The number of aryl methyl sites for hydroxylation is 1. The van der Waals surface area contributed by atoms with Crippen LogP contribution in [-0.2, 0) is 6.42 Å². The van der Waals surface area contributed by atoms with Crippen LogP contribution in [0.5, 0.6) is 5.75 Å². The number of rotatable bonds is 4. The van der Waals surface area contributed by atoms with E-state index in [2.05, 4.69) is 17.2 Å². The van der Waals surface area contributed by atoms with Crippen LogP contribution in [0.1, 0.15) is 22.8 Å². The number of aromatic nitrogens is 1. The molecule has 4 aromatic rings. The zero-order chi connectivity index (χ0) is 19.7. The Bertz CT molecular complexity index is 1180. The monoisotopic (exact) mass is 376 g/mol. The Labute approximate surface area is 160 Å². The number of carbonyl (C=O) groups is 1. The smallest absolute Gasteiger partial charge is 0.258 e. The molecule has 0 bridgehead atoms. The first-order valence-electron chi connectivity index (χ1n) is 8.84. The molecular formula is C22H17FN2O3. The number of fused-ring (bicyclic) bond motifs is 1. The molecular weight excluding hydrogens is 359 g/mol. The highest BCUT2D eigenvalue weighted by Gasteiger charge is 2.16. The van der Waals surface area contributed by atoms with Crippen molar-refractivity contribution < 1.29 is 18.7 Å². The average Bonchev–Trinajstić information content (AvgIpc) is 3.12. The maximum atomic E-state index is 13.8. The first-order valence-corrected chi connectivity index (χ1v) is 8.84. The fraction of sp³-hybridized carbons (Fsp3) is 0.0909. The molecule has 4 rings (SSSR count). The van der Waals surface area contributed by atoms with Crippen molar-refractivity contribution in [2.75, 3.05) is 5.32 Å². The number of oxazole rings is 1. The number of carbonyl (C=O) groups excluding carboxylic acids is 1.